The molecule has 718 valence electrons. The van der Waals surface area contributed by atoms with Gasteiger partial charge < -0.3 is 55.1 Å². The van der Waals surface area contributed by atoms with Crippen LogP contribution < -0.4 is 45.4 Å². The number of nitrogens with one attached hydrogen (secondary N) is 2. The first kappa shape index (κ1) is 101. The van der Waals surface area contributed by atoms with Gasteiger partial charge in [0.15, 0.2) is 34.9 Å². The minimum Gasteiger partial charge on any atom is -0.471 e. The van der Waals surface area contributed by atoms with Crippen LogP contribution in [0.1, 0.15) is 211 Å². The van der Waals surface area contributed by atoms with E-state index in [1.54, 1.807) is 49.0 Å². The molecule has 5 saturated heterocycles. The molecule has 7 unspecified atom stereocenters. The molecule has 5 aliphatic rings. The number of anilines is 6. The molecular weight excluding hydrogens is 1780 g/mol. The van der Waals surface area contributed by atoms with E-state index >= 15 is 17.6 Å². The maximum atomic E-state index is 15.9. The summed E-state index contributed by atoms with van der Waals surface area (Å²) in [5.41, 5.74) is 7.00. The van der Waals surface area contributed by atoms with Crippen LogP contribution in [0.3, 0.4) is 0 Å². The number of benzene rings is 4. The number of hydrogen-bond donors (Lipinski definition) is 3. The minimum atomic E-state index is -4.78. The van der Waals surface area contributed by atoms with Gasteiger partial charge in [-0.1, -0.05) is 90.1 Å². The number of alkyl halides is 11. The summed E-state index contributed by atoms with van der Waals surface area (Å²) >= 11 is 0. The van der Waals surface area contributed by atoms with Gasteiger partial charge in [-0.3, -0.25) is 19.6 Å². The van der Waals surface area contributed by atoms with Crippen LogP contribution in [0.25, 0.3) is 0 Å². The Bertz CT molecular complexity index is 5660. The number of primary amides is 1. The van der Waals surface area contributed by atoms with E-state index < -0.39 is 106 Å². The Kier molecular flexibility index (Phi) is 31.9. The van der Waals surface area contributed by atoms with Crippen molar-refractivity contribution in [1.29, 1.82) is 0 Å². The van der Waals surface area contributed by atoms with Gasteiger partial charge >= 0.3 is 18.5 Å². The molecule has 0 aliphatic carbocycles. The summed E-state index contributed by atoms with van der Waals surface area (Å²) in [5, 5.41) is 6.02. The van der Waals surface area contributed by atoms with Crippen LogP contribution in [0.15, 0.2) is 147 Å². The molecule has 10 aromatic rings. The van der Waals surface area contributed by atoms with E-state index in [4.69, 9.17) is 19.9 Å². The van der Waals surface area contributed by atoms with E-state index in [-0.39, 0.29) is 101 Å². The topological polar surface area (TPSA) is 257 Å². The lowest BCUT2D eigenvalue weighted by Crippen LogP contribution is -2.52. The first-order valence-electron chi connectivity index (χ1n) is 43.4. The second kappa shape index (κ2) is 42.5. The van der Waals surface area contributed by atoms with Crippen LogP contribution >= 0.6 is 0 Å². The van der Waals surface area contributed by atoms with E-state index in [2.05, 4.69) is 81.2 Å². The van der Waals surface area contributed by atoms with Crippen molar-refractivity contribution in [3.63, 3.8) is 0 Å². The zero-order valence-electron chi connectivity index (χ0n) is 75.1. The summed E-state index contributed by atoms with van der Waals surface area (Å²) < 4.78 is 251. The molecule has 4 aromatic carbocycles. The molecule has 7 atom stereocenters. The number of nitrogens with zero attached hydrogens (tertiary/aromatic N) is 15. The Labute approximate surface area is 763 Å². The third-order valence-electron chi connectivity index (χ3n) is 23.2. The molecule has 0 saturated carbocycles. The quantitative estimate of drug-likeness (QED) is 0.0503. The number of halogens is 17. The zero-order valence-corrected chi connectivity index (χ0v) is 75.1. The smallest absolute Gasteiger partial charge is 0.419 e. The first-order valence-corrected chi connectivity index (χ1v) is 43.4. The Morgan fingerprint density at radius 1 is 0.448 bits per heavy atom. The lowest BCUT2D eigenvalue weighted by atomic mass is 9.85. The molecule has 0 bridgehead atoms. The van der Waals surface area contributed by atoms with Crippen LogP contribution in [0, 0.1) is 59.6 Å². The molecule has 11 heterocycles. The van der Waals surface area contributed by atoms with E-state index in [0.29, 0.717) is 132 Å². The first-order chi connectivity index (χ1) is 63.2. The van der Waals surface area contributed by atoms with Crippen LogP contribution in [0.5, 0.6) is 11.8 Å². The summed E-state index contributed by atoms with van der Waals surface area (Å²) in [4.78, 5) is 73.0. The molecule has 5 fully saturated rings. The van der Waals surface area contributed by atoms with Gasteiger partial charge in [-0.05, 0) is 172 Å². The van der Waals surface area contributed by atoms with Crippen molar-refractivity contribution in [3.05, 3.63) is 249 Å². The predicted octanol–water partition coefficient (Wildman–Crippen LogP) is 21.0. The Hall–Kier alpha value is -12.4. The molecule has 2 amide bonds. The van der Waals surface area contributed by atoms with E-state index in [9.17, 15) is 66.7 Å². The predicted molar refractivity (Wildman–Crippen MR) is 466 cm³/mol. The van der Waals surface area contributed by atoms with Crippen molar-refractivity contribution in [3.8, 4) is 11.8 Å². The molecule has 23 nitrogen and oxygen atoms in total. The standard InChI is InChI=1S/C27H35F4N5O2.C23H29F4N5O.C22H19F5N4O.C22H20F4N4O/c1-17(37)35-12-13-38-22(15-35)20(14-26(2,3)4)34-24-23(28)25(33-16-32-24)36-11-5-6-21(36)18-7-9-19(10-8-18)27(29,30)31;1-22(2,3)11-16(19(28)33)31-20-18(25)21(30-12-29-20)32-9-5-6-17(32)13-7-8-14(15(24)10-13)23(4,26)27;1-13-4-5-14(10-28-13)11-32-21-19(24)20(29-12-30-21)31-8-2-3-18(31)15-6-7-16(17(23)9-15)22(25,26)27;1-14-4-5-15(11-27-14)12-31-21-19(23)20(28-13-29-21)30-10-2-3-18(30)16-6-8-17(9-7-16)22(24,25)26/h7-10,16,20-22H,5-6,11-15H2,1-4H3,(H,32,33,34);7-8,10,12,16-17H,5-6,9,11H2,1-4H3,(H2,28,33)(H,29,30,31);4-7,9-10,12,18H,2-3,8,11H2,1H3;4-9,11,13,18H,2-3,10,12H2,1H3. The van der Waals surface area contributed by atoms with Crippen LogP contribution in [-0.4, -0.2) is 131 Å². The van der Waals surface area contributed by atoms with E-state index in [1.807, 2.05) is 46.8 Å². The van der Waals surface area contributed by atoms with Crippen molar-refractivity contribution in [2.75, 3.05) is 76.1 Å². The number of carbonyl (C=O) groups is 2. The lowest BCUT2D eigenvalue weighted by molar-refractivity contribution is -0.140. The molecule has 0 spiro atoms. The van der Waals surface area contributed by atoms with Gasteiger partial charge in [0, 0.05) is 88.0 Å². The number of rotatable bonds is 23. The highest BCUT2D eigenvalue weighted by molar-refractivity contribution is 5.83. The highest BCUT2D eigenvalue weighted by atomic mass is 19.4. The number of hydrogen-bond acceptors (Lipinski definition) is 21. The summed E-state index contributed by atoms with van der Waals surface area (Å²) in [6.07, 6.45) is 0.436. The van der Waals surface area contributed by atoms with Gasteiger partial charge in [-0.25, -0.2) is 47.5 Å². The maximum Gasteiger partial charge on any atom is 0.419 e. The zero-order chi connectivity index (χ0) is 97.1. The highest BCUT2D eigenvalue weighted by Crippen LogP contribution is 2.46. The monoisotopic (exact) mass is 1890 g/mol. The molecule has 134 heavy (non-hydrogen) atoms. The SMILES string of the molecule is CC(=O)N1CCOC(C(CC(C)(C)C)Nc2ncnc(N3CCCC3c3ccc(C(F)(F)F)cc3)c2F)C1.CC(C)(C)CC(Nc1ncnc(N2CCCC2c2ccc(C(C)(F)F)c(F)c2)c1F)C(N)=O.Cc1ccc(COc2ncnc(N3CCCC3c3ccc(C(F)(F)F)c(F)c3)c2F)cn1.Cc1ccc(COc2ncnc(N3CCCC3c3ccc(C(F)(F)F)cc3)c2F)cn1. The molecular formula is C94H103F17N18O5. The third-order valence-corrected chi connectivity index (χ3v) is 23.2. The van der Waals surface area contributed by atoms with Crippen LogP contribution in [0.2, 0.25) is 0 Å². The molecule has 40 heteroatoms. The number of carbonyl (C=O) groups excluding carboxylic acids is 2. The van der Waals surface area contributed by atoms with Crippen molar-refractivity contribution in [2.24, 2.45) is 16.6 Å². The number of ether oxygens (including phenoxy) is 3. The number of aryl methyl sites for hydroxylation is 2. The fraction of sp³-hybridized carbons (Fsp3) is 0.447. The molecule has 4 N–H and O–H groups in total. The van der Waals surface area contributed by atoms with Crippen molar-refractivity contribution < 1.29 is 98.4 Å². The Balaban J connectivity index is 0.000000161. The molecule has 15 rings (SSSR count). The number of nitrogens with two attached hydrogens (primary N) is 1. The van der Waals surface area contributed by atoms with Gasteiger partial charge in [-0.2, -0.15) is 67.0 Å². The Morgan fingerprint density at radius 3 is 1.17 bits per heavy atom. The van der Waals surface area contributed by atoms with Gasteiger partial charge in [0.1, 0.15) is 56.2 Å². The lowest BCUT2D eigenvalue weighted by Gasteiger charge is -2.39. The van der Waals surface area contributed by atoms with Crippen LogP contribution in [-0.2, 0) is 52.0 Å². The van der Waals surface area contributed by atoms with Gasteiger partial charge in [-0.15, -0.1) is 0 Å². The number of amides is 2. The van der Waals surface area contributed by atoms with E-state index in [1.165, 1.54) is 62.3 Å². The largest absolute Gasteiger partial charge is 0.471 e. The number of morpholine rings is 1. The second-order valence-electron chi connectivity index (χ2n) is 35.8. The normalized spacial score (nSPS) is 18.2. The number of pyridine rings is 2. The highest BCUT2D eigenvalue weighted by Gasteiger charge is 2.42. The molecule has 5 aliphatic heterocycles. The van der Waals surface area contributed by atoms with Gasteiger partial charge in [0.2, 0.25) is 35.1 Å². The average molecular weight is 1890 g/mol. The average Bonchev–Trinajstić information content (AvgIpc) is 1.56. The minimum absolute atomic E-state index is 0.0146. The van der Waals surface area contributed by atoms with E-state index in [0.717, 1.165) is 84.1 Å². The summed E-state index contributed by atoms with van der Waals surface area (Å²) in [5.74, 6) is -9.63. The van der Waals surface area contributed by atoms with Gasteiger partial charge in [0.25, 0.3) is 17.7 Å². The van der Waals surface area contributed by atoms with Crippen molar-refractivity contribution in [1.82, 2.24) is 54.7 Å². The third kappa shape index (κ3) is 25.8. The van der Waals surface area contributed by atoms with Crippen molar-refractivity contribution in [2.45, 2.75) is 213 Å². The second-order valence-corrected chi connectivity index (χ2v) is 35.8. The summed E-state index contributed by atoms with van der Waals surface area (Å²) in [6.45, 7) is 21.2. The van der Waals surface area contributed by atoms with Crippen molar-refractivity contribution >= 4 is 46.7 Å². The molecule has 0 radical (unpaired) electrons. The fourth-order valence-corrected chi connectivity index (χ4v) is 16.7. The van der Waals surface area contributed by atoms with Gasteiger partial charge in [0.05, 0.1) is 65.2 Å². The molecule has 6 aromatic heterocycles. The summed E-state index contributed by atoms with van der Waals surface area (Å²) in [6, 6.07) is 20.9. The number of aromatic nitrogens is 10. The fourth-order valence-electron chi connectivity index (χ4n) is 16.7. The van der Waals surface area contributed by atoms with Crippen LogP contribution in [0.4, 0.5) is 110 Å². The maximum absolute atomic E-state index is 15.9. The summed E-state index contributed by atoms with van der Waals surface area (Å²) in [7, 11) is 0. The Morgan fingerprint density at radius 2 is 0.821 bits per heavy atom.